The minimum Gasteiger partial charge on any atom is -0.364 e. The maximum atomic E-state index is 12.9. The molecule has 6 heteroatoms. The van der Waals surface area contributed by atoms with Gasteiger partial charge in [-0.15, -0.1) is 0 Å². The van der Waals surface area contributed by atoms with E-state index < -0.39 is 0 Å². The molecule has 2 heterocycles. The summed E-state index contributed by atoms with van der Waals surface area (Å²) in [5, 5.41) is 7.81. The third-order valence-electron chi connectivity index (χ3n) is 4.51. The Morgan fingerprint density at radius 3 is 2.81 bits per heavy atom. The van der Waals surface area contributed by atoms with E-state index >= 15 is 0 Å². The predicted molar refractivity (Wildman–Crippen MR) is 103 cm³/mol. The van der Waals surface area contributed by atoms with Crippen LogP contribution in [0.3, 0.4) is 0 Å². The second-order valence-corrected chi connectivity index (χ2v) is 6.24. The number of hydrogen-bond donors (Lipinski definition) is 1. The van der Waals surface area contributed by atoms with Crippen molar-refractivity contribution in [1.82, 2.24) is 15.0 Å². The van der Waals surface area contributed by atoms with Crippen molar-refractivity contribution in [3.8, 4) is 11.1 Å². The van der Waals surface area contributed by atoms with Gasteiger partial charge in [0, 0.05) is 29.8 Å². The van der Waals surface area contributed by atoms with Gasteiger partial charge >= 0.3 is 0 Å². The fourth-order valence-electron chi connectivity index (χ4n) is 3.09. The monoisotopic (exact) mass is 359 g/mol. The molecule has 0 saturated heterocycles. The van der Waals surface area contributed by atoms with Crippen LogP contribution in [0, 0.1) is 0 Å². The van der Waals surface area contributed by atoms with Crippen LogP contribution in [0.4, 0.5) is 0 Å². The van der Waals surface area contributed by atoms with Crippen molar-refractivity contribution in [2.75, 3.05) is 7.05 Å². The van der Waals surface area contributed by atoms with Crippen molar-refractivity contribution < 1.29 is 9.32 Å². The zero-order valence-corrected chi connectivity index (χ0v) is 14.7. The number of pyridine rings is 1. The summed E-state index contributed by atoms with van der Waals surface area (Å²) < 4.78 is 6.52. The van der Waals surface area contributed by atoms with Crippen LogP contribution in [-0.2, 0) is 6.54 Å². The van der Waals surface area contributed by atoms with E-state index in [1.807, 2.05) is 36.4 Å². The number of nitrogens with zero attached hydrogens (tertiary/aromatic N) is 2. The number of rotatable bonds is 4. The van der Waals surface area contributed by atoms with E-state index in [0.717, 1.165) is 22.1 Å². The van der Waals surface area contributed by atoms with Gasteiger partial charge in [-0.3, -0.25) is 9.59 Å². The van der Waals surface area contributed by atoms with Crippen LogP contribution in [-0.4, -0.2) is 22.7 Å². The van der Waals surface area contributed by atoms with Gasteiger partial charge in [-0.25, -0.2) is 0 Å². The topological polar surface area (TPSA) is 77.1 Å². The summed E-state index contributed by atoms with van der Waals surface area (Å²) in [5.41, 5.74) is 3.20. The fraction of sp³-hybridized carbons (Fsp3) is 0.0952. The molecule has 0 spiro atoms. The summed E-state index contributed by atoms with van der Waals surface area (Å²) in [6, 6.07) is 14.8. The molecule has 0 fully saturated rings. The van der Waals surface area contributed by atoms with Crippen LogP contribution >= 0.6 is 0 Å². The second kappa shape index (κ2) is 6.92. The SMILES string of the molecule is CNC(=O)c1cccc(Cn2ccc3cc(-c4cnoc4)ccc3c2=O)c1. The lowest BCUT2D eigenvalue weighted by atomic mass is 10.0. The van der Waals surface area contributed by atoms with E-state index in [9.17, 15) is 9.59 Å². The molecule has 2 aromatic carbocycles. The van der Waals surface area contributed by atoms with Crippen LogP contribution in [0.1, 0.15) is 15.9 Å². The van der Waals surface area contributed by atoms with Crippen LogP contribution < -0.4 is 10.9 Å². The first kappa shape index (κ1) is 16.8. The Labute approximate surface area is 155 Å². The molecular formula is C21H17N3O3. The molecule has 0 bridgehead atoms. The summed E-state index contributed by atoms with van der Waals surface area (Å²) in [6.07, 6.45) is 4.98. The summed E-state index contributed by atoms with van der Waals surface area (Å²) >= 11 is 0. The highest BCUT2D eigenvalue weighted by molar-refractivity contribution is 5.94. The number of amides is 1. The lowest BCUT2D eigenvalue weighted by Gasteiger charge is -2.09. The zero-order valence-electron chi connectivity index (χ0n) is 14.7. The molecule has 1 amide bonds. The Balaban J connectivity index is 1.69. The number of carbonyl (C=O) groups excluding carboxylic acids is 1. The molecule has 4 rings (SSSR count). The van der Waals surface area contributed by atoms with Gasteiger partial charge in [0.05, 0.1) is 12.7 Å². The zero-order chi connectivity index (χ0) is 18.8. The maximum absolute atomic E-state index is 12.9. The molecule has 0 aliphatic rings. The summed E-state index contributed by atoms with van der Waals surface area (Å²) in [6.45, 7) is 0.396. The minimum absolute atomic E-state index is 0.0743. The highest BCUT2D eigenvalue weighted by atomic mass is 16.5. The Morgan fingerprint density at radius 1 is 1.15 bits per heavy atom. The van der Waals surface area contributed by atoms with Gasteiger partial charge in [0.1, 0.15) is 6.26 Å². The number of benzene rings is 2. The maximum Gasteiger partial charge on any atom is 0.258 e. The van der Waals surface area contributed by atoms with Crippen LogP contribution in [0.25, 0.3) is 21.9 Å². The van der Waals surface area contributed by atoms with E-state index in [4.69, 9.17) is 4.52 Å². The molecule has 0 aliphatic carbocycles. The Hall–Kier alpha value is -3.67. The van der Waals surface area contributed by atoms with Crippen molar-refractivity contribution >= 4 is 16.7 Å². The molecule has 4 aromatic rings. The van der Waals surface area contributed by atoms with Gasteiger partial charge in [0.2, 0.25) is 0 Å². The standard InChI is InChI=1S/C21H17N3O3/c1-22-20(25)17-4-2-3-14(9-17)12-24-8-7-16-10-15(18-11-23-27-13-18)5-6-19(16)21(24)26/h2-11,13H,12H2,1H3,(H,22,25). The van der Waals surface area contributed by atoms with Crippen molar-refractivity contribution in [2.24, 2.45) is 0 Å². The Morgan fingerprint density at radius 2 is 2.04 bits per heavy atom. The van der Waals surface area contributed by atoms with Crippen molar-refractivity contribution in [2.45, 2.75) is 6.54 Å². The second-order valence-electron chi connectivity index (χ2n) is 6.24. The Bertz CT molecular complexity index is 1180. The van der Waals surface area contributed by atoms with Crippen LogP contribution in [0.5, 0.6) is 0 Å². The molecule has 6 nitrogen and oxygen atoms in total. The average molecular weight is 359 g/mol. The quantitative estimate of drug-likeness (QED) is 0.607. The molecule has 0 radical (unpaired) electrons. The average Bonchev–Trinajstić information content (AvgIpc) is 3.24. The largest absolute Gasteiger partial charge is 0.364 e. The van der Waals surface area contributed by atoms with E-state index in [0.29, 0.717) is 17.5 Å². The first-order chi connectivity index (χ1) is 13.2. The van der Waals surface area contributed by atoms with Crippen molar-refractivity contribution in [3.63, 3.8) is 0 Å². The molecule has 1 N–H and O–H groups in total. The Kier molecular flexibility index (Phi) is 4.30. The number of nitrogens with one attached hydrogen (secondary N) is 1. The lowest BCUT2D eigenvalue weighted by Crippen LogP contribution is -2.21. The van der Waals surface area contributed by atoms with E-state index in [-0.39, 0.29) is 11.5 Å². The lowest BCUT2D eigenvalue weighted by molar-refractivity contribution is 0.0963. The predicted octanol–water partition coefficient (Wildman–Crippen LogP) is 3.06. The summed E-state index contributed by atoms with van der Waals surface area (Å²) in [7, 11) is 1.59. The van der Waals surface area contributed by atoms with Gasteiger partial charge in [0.15, 0.2) is 0 Å². The van der Waals surface area contributed by atoms with Crippen LogP contribution in [0.15, 0.2) is 76.5 Å². The van der Waals surface area contributed by atoms with Gasteiger partial charge in [-0.1, -0.05) is 23.4 Å². The third-order valence-corrected chi connectivity index (χ3v) is 4.51. The minimum atomic E-state index is -0.149. The van der Waals surface area contributed by atoms with Gasteiger partial charge < -0.3 is 14.4 Å². The molecule has 0 aliphatic heterocycles. The molecular weight excluding hydrogens is 342 g/mol. The molecule has 0 atom stereocenters. The fourth-order valence-corrected chi connectivity index (χ4v) is 3.09. The van der Waals surface area contributed by atoms with Crippen LogP contribution in [0.2, 0.25) is 0 Å². The third kappa shape index (κ3) is 3.25. The van der Waals surface area contributed by atoms with E-state index in [1.54, 1.807) is 42.4 Å². The number of carbonyl (C=O) groups is 1. The molecule has 0 saturated carbocycles. The number of hydrogen-bond acceptors (Lipinski definition) is 4. The first-order valence-corrected chi connectivity index (χ1v) is 8.50. The van der Waals surface area contributed by atoms with Gasteiger partial charge in [0.25, 0.3) is 11.5 Å². The summed E-state index contributed by atoms with van der Waals surface area (Å²) in [5.74, 6) is -0.149. The molecule has 134 valence electrons. The highest BCUT2D eigenvalue weighted by Gasteiger charge is 2.08. The normalized spacial score (nSPS) is 10.9. The van der Waals surface area contributed by atoms with Crippen molar-refractivity contribution in [1.29, 1.82) is 0 Å². The molecule has 2 aromatic heterocycles. The molecule has 27 heavy (non-hydrogen) atoms. The first-order valence-electron chi connectivity index (χ1n) is 8.50. The number of aromatic nitrogens is 2. The number of fused-ring (bicyclic) bond motifs is 1. The smallest absolute Gasteiger partial charge is 0.258 e. The van der Waals surface area contributed by atoms with Gasteiger partial charge in [-0.05, 0) is 46.8 Å². The highest BCUT2D eigenvalue weighted by Crippen LogP contribution is 2.22. The summed E-state index contributed by atoms with van der Waals surface area (Å²) in [4.78, 5) is 24.7. The van der Waals surface area contributed by atoms with E-state index in [1.165, 1.54) is 0 Å². The van der Waals surface area contributed by atoms with E-state index in [2.05, 4.69) is 10.5 Å². The van der Waals surface area contributed by atoms with Crippen molar-refractivity contribution in [3.05, 3.63) is 88.7 Å². The molecule has 0 unspecified atom stereocenters. The van der Waals surface area contributed by atoms with Gasteiger partial charge in [-0.2, -0.15) is 0 Å².